The molecule has 0 radical (unpaired) electrons. The molecule has 0 saturated heterocycles. The molecule has 0 fully saturated rings. The molecule has 160 valence electrons. The van der Waals surface area contributed by atoms with Crippen LogP contribution >= 0.6 is 0 Å². The largest absolute Gasteiger partial charge is 0.492 e. The van der Waals surface area contributed by atoms with Crippen LogP contribution < -0.4 is 9.64 Å². The third-order valence-corrected chi connectivity index (χ3v) is 5.64. The molecule has 1 N–H and O–H groups in total. The van der Waals surface area contributed by atoms with Crippen LogP contribution in [0, 0.1) is 0 Å². The maximum atomic E-state index is 12.2. The first-order valence-electron chi connectivity index (χ1n) is 10.5. The minimum atomic E-state index is -0.830. The van der Waals surface area contributed by atoms with Crippen LogP contribution in [0.2, 0.25) is 0 Å². The van der Waals surface area contributed by atoms with Gasteiger partial charge in [0.05, 0.1) is 6.54 Å². The van der Waals surface area contributed by atoms with Gasteiger partial charge in [0.1, 0.15) is 24.2 Å². The van der Waals surface area contributed by atoms with Crippen LogP contribution in [0.15, 0.2) is 72.9 Å². The lowest BCUT2D eigenvalue weighted by Gasteiger charge is -2.35. The van der Waals surface area contributed by atoms with E-state index in [1.165, 1.54) is 0 Å². The molecule has 1 aliphatic rings. The number of aliphatic carboxylic acids is 1. The van der Waals surface area contributed by atoms with Gasteiger partial charge in [-0.3, -0.25) is 9.69 Å². The Labute approximate surface area is 182 Å². The average molecular weight is 418 g/mol. The SMILES string of the molecule is CN(CCOc1ccc2c(c1)C(C(=O)O)N(Cc1ccccc1)CC2)c1ccccn1. The highest BCUT2D eigenvalue weighted by Crippen LogP contribution is 2.33. The van der Waals surface area contributed by atoms with E-state index in [0.29, 0.717) is 32.0 Å². The summed E-state index contributed by atoms with van der Waals surface area (Å²) in [5.74, 6) is 0.754. The van der Waals surface area contributed by atoms with Gasteiger partial charge in [-0.1, -0.05) is 42.5 Å². The number of hydrogen-bond acceptors (Lipinski definition) is 5. The lowest BCUT2D eigenvalue weighted by atomic mass is 9.92. The summed E-state index contributed by atoms with van der Waals surface area (Å²) < 4.78 is 5.96. The molecule has 0 saturated carbocycles. The second-order valence-corrected chi connectivity index (χ2v) is 7.77. The Morgan fingerprint density at radius 3 is 2.71 bits per heavy atom. The Balaban J connectivity index is 1.45. The second-order valence-electron chi connectivity index (χ2n) is 7.77. The van der Waals surface area contributed by atoms with Gasteiger partial charge in [0.25, 0.3) is 0 Å². The molecular formula is C25H27N3O3. The Hall–Kier alpha value is -3.38. The molecule has 6 heteroatoms. The van der Waals surface area contributed by atoms with E-state index in [1.807, 2.05) is 83.6 Å². The topological polar surface area (TPSA) is 65.9 Å². The number of nitrogens with zero attached hydrogens (tertiary/aromatic N) is 3. The number of hydrogen-bond donors (Lipinski definition) is 1. The molecule has 31 heavy (non-hydrogen) atoms. The smallest absolute Gasteiger partial charge is 0.325 e. The monoisotopic (exact) mass is 417 g/mol. The van der Waals surface area contributed by atoms with E-state index in [-0.39, 0.29) is 0 Å². The number of ether oxygens (including phenoxy) is 1. The third-order valence-electron chi connectivity index (χ3n) is 5.64. The minimum Gasteiger partial charge on any atom is -0.492 e. The molecule has 1 atom stereocenters. The first-order valence-corrected chi connectivity index (χ1v) is 10.5. The van der Waals surface area contributed by atoms with E-state index in [2.05, 4.69) is 4.98 Å². The first-order chi connectivity index (χ1) is 15.1. The van der Waals surface area contributed by atoms with E-state index in [4.69, 9.17) is 4.74 Å². The van der Waals surface area contributed by atoms with Gasteiger partial charge in [-0.2, -0.15) is 0 Å². The fourth-order valence-corrected chi connectivity index (χ4v) is 4.01. The van der Waals surface area contributed by atoms with Crippen LogP contribution in [0.5, 0.6) is 5.75 Å². The summed E-state index contributed by atoms with van der Waals surface area (Å²) in [4.78, 5) is 20.6. The van der Waals surface area contributed by atoms with E-state index >= 15 is 0 Å². The fraction of sp³-hybridized carbons (Fsp3) is 0.280. The number of fused-ring (bicyclic) bond motifs is 1. The maximum absolute atomic E-state index is 12.2. The molecule has 1 unspecified atom stereocenters. The fourth-order valence-electron chi connectivity index (χ4n) is 4.01. The van der Waals surface area contributed by atoms with Crippen LogP contribution in [0.3, 0.4) is 0 Å². The molecule has 0 amide bonds. The van der Waals surface area contributed by atoms with E-state index < -0.39 is 12.0 Å². The van der Waals surface area contributed by atoms with Crippen molar-refractivity contribution in [3.63, 3.8) is 0 Å². The van der Waals surface area contributed by atoms with Gasteiger partial charge in [0.2, 0.25) is 0 Å². The van der Waals surface area contributed by atoms with Crippen LogP contribution in [0.25, 0.3) is 0 Å². The Morgan fingerprint density at radius 2 is 1.97 bits per heavy atom. The lowest BCUT2D eigenvalue weighted by Crippen LogP contribution is -2.39. The van der Waals surface area contributed by atoms with Crippen molar-refractivity contribution in [1.82, 2.24) is 9.88 Å². The van der Waals surface area contributed by atoms with Crippen molar-refractivity contribution in [2.24, 2.45) is 0 Å². The molecule has 2 aromatic carbocycles. The van der Waals surface area contributed by atoms with Crippen molar-refractivity contribution < 1.29 is 14.6 Å². The standard InChI is InChI=1S/C25H27N3O3/c1-27(23-9-5-6-13-26-23)15-16-31-21-11-10-20-12-14-28(18-19-7-3-2-4-8-19)24(25(29)30)22(20)17-21/h2-11,13,17,24H,12,14-16,18H2,1H3,(H,29,30). The van der Waals surface area contributed by atoms with Gasteiger partial charge in [-0.05, 0) is 47.4 Å². The Bertz CT molecular complexity index is 1010. The van der Waals surface area contributed by atoms with Crippen molar-refractivity contribution in [2.75, 3.05) is 31.6 Å². The van der Waals surface area contributed by atoms with Crippen molar-refractivity contribution in [3.8, 4) is 5.75 Å². The lowest BCUT2D eigenvalue weighted by molar-refractivity contribution is -0.144. The van der Waals surface area contributed by atoms with Gasteiger partial charge >= 0.3 is 5.97 Å². The van der Waals surface area contributed by atoms with E-state index in [0.717, 1.165) is 28.9 Å². The van der Waals surface area contributed by atoms with Gasteiger partial charge in [-0.25, -0.2) is 4.98 Å². The zero-order valence-electron chi connectivity index (χ0n) is 17.6. The van der Waals surface area contributed by atoms with Crippen molar-refractivity contribution >= 4 is 11.8 Å². The predicted octanol–water partition coefficient (Wildman–Crippen LogP) is 3.78. The highest BCUT2D eigenvalue weighted by atomic mass is 16.5. The van der Waals surface area contributed by atoms with Crippen LogP contribution in [-0.4, -0.2) is 47.7 Å². The van der Waals surface area contributed by atoms with Crippen LogP contribution in [-0.2, 0) is 17.8 Å². The quantitative estimate of drug-likeness (QED) is 0.602. The molecule has 2 heterocycles. The highest BCUT2D eigenvalue weighted by molar-refractivity contribution is 5.77. The number of carbonyl (C=O) groups is 1. The number of carboxylic acids is 1. The molecule has 6 nitrogen and oxygen atoms in total. The Kier molecular flexibility index (Phi) is 6.48. The minimum absolute atomic E-state index is 0.483. The van der Waals surface area contributed by atoms with Crippen molar-refractivity contribution in [3.05, 3.63) is 89.6 Å². The molecule has 0 aliphatic carbocycles. The summed E-state index contributed by atoms with van der Waals surface area (Å²) in [5.41, 5.74) is 3.02. The summed E-state index contributed by atoms with van der Waals surface area (Å²) >= 11 is 0. The zero-order valence-corrected chi connectivity index (χ0v) is 17.6. The number of benzene rings is 2. The summed E-state index contributed by atoms with van der Waals surface area (Å²) in [6, 6.07) is 21.0. The number of aromatic nitrogens is 1. The number of rotatable bonds is 8. The van der Waals surface area contributed by atoms with Crippen LogP contribution in [0.1, 0.15) is 22.7 Å². The first kappa shape index (κ1) is 20.9. The average Bonchev–Trinajstić information content (AvgIpc) is 2.79. The molecule has 0 spiro atoms. The summed E-state index contributed by atoms with van der Waals surface area (Å²) in [6.45, 7) is 2.49. The second kappa shape index (κ2) is 9.62. The zero-order chi connectivity index (χ0) is 21.6. The number of carboxylic acid groups (broad SMARTS) is 1. The highest BCUT2D eigenvalue weighted by Gasteiger charge is 2.33. The van der Waals surface area contributed by atoms with Crippen molar-refractivity contribution in [2.45, 2.75) is 19.0 Å². The summed E-state index contributed by atoms with van der Waals surface area (Å²) in [7, 11) is 1.97. The number of anilines is 1. The van der Waals surface area contributed by atoms with Gasteiger partial charge in [0, 0.05) is 26.3 Å². The summed E-state index contributed by atoms with van der Waals surface area (Å²) in [6.07, 6.45) is 2.60. The number of likely N-dealkylation sites (N-methyl/N-ethyl adjacent to an activating group) is 1. The van der Waals surface area contributed by atoms with Gasteiger partial charge in [0.15, 0.2) is 0 Å². The molecular weight excluding hydrogens is 390 g/mol. The van der Waals surface area contributed by atoms with E-state index in [1.54, 1.807) is 6.20 Å². The summed E-state index contributed by atoms with van der Waals surface area (Å²) in [5, 5.41) is 10.0. The van der Waals surface area contributed by atoms with Gasteiger partial charge in [-0.15, -0.1) is 0 Å². The molecule has 4 rings (SSSR count). The normalized spacial score (nSPS) is 15.8. The Morgan fingerprint density at radius 1 is 1.16 bits per heavy atom. The predicted molar refractivity (Wildman–Crippen MR) is 120 cm³/mol. The molecule has 1 aromatic heterocycles. The molecule has 3 aromatic rings. The van der Waals surface area contributed by atoms with Gasteiger partial charge < -0.3 is 14.7 Å². The number of pyridine rings is 1. The third kappa shape index (κ3) is 5.03. The van der Waals surface area contributed by atoms with Crippen molar-refractivity contribution in [1.29, 1.82) is 0 Å². The molecule has 0 bridgehead atoms. The van der Waals surface area contributed by atoms with E-state index in [9.17, 15) is 9.90 Å². The molecule has 1 aliphatic heterocycles. The maximum Gasteiger partial charge on any atom is 0.325 e. The van der Waals surface area contributed by atoms with Crippen LogP contribution in [0.4, 0.5) is 5.82 Å².